The monoisotopic (exact) mass is 368 g/mol. The molecule has 0 aliphatic carbocycles. The van der Waals surface area contributed by atoms with Crippen molar-refractivity contribution in [3.63, 3.8) is 0 Å². The Morgan fingerprint density at radius 2 is 1.27 bits per heavy atom. The second kappa shape index (κ2) is 8.92. The fourth-order valence-corrected chi connectivity index (χ4v) is 0.684. The molecule has 15 heavy (non-hydrogen) atoms. The van der Waals surface area contributed by atoms with Gasteiger partial charge in [0.15, 0.2) is 0 Å². The minimum Gasteiger partial charge on any atom is -0.550 e. The van der Waals surface area contributed by atoms with E-state index in [9.17, 15) is 29.7 Å². The van der Waals surface area contributed by atoms with E-state index in [2.05, 4.69) is 0 Å². The van der Waals surface area contributed by atoms with E-state index in [1.165, 1.54) is 0 Å². The van der Waals surface area contributed by atoms with Crippen LogP contribution in [-0.2, 0) is 14.4 Å². The van der Waals surface area contributed by atoms with Crippen molar-refractivity contribution in [2.45, 2.75) is 18.4 Å². The minimum atomic E-state index is -2.97. The molecule has 0 rings (SSSR count). The summed E-state index contributed by atoms with van der Waals surface area (Å²) in [5.41, 5.74) is -2.97. The normalized spacial score (nSPS) is 9.40. The van der Waals surface area contributed by atoms with Gasteiger partial charge in [-0.1, -0.05) is 0 Å². The van der Waals surface area contributed by atoms with Crippen molar-refractivity contribution in [2.75, 3.05) is 0 Å². The summed E-state index contributed by atoms with van der Waals surface area (Å²) in [6, 6.07) is 0. The zero-order chi connectivity index (χ0) is 10.6. The molecule has 0 aliphatic heterocycles. The van der Waals surface area contributed by atoms with Crippen molar-refractivity contribution in [1.29, 1.82) is 0 Å². The first kappa shape index (κ1) is 21.1. The molecule has 74 valence electrons. The van der Waals surface area contributed by atoms with Crippen LogP contribution in [0, 0.1) is 35.6 Å². The molecular formula is C6H5CaLaO7+2. The molecule has 0 unspecified atom stereocenters. The number of carbonyl (C=O) groups is 3. The average molecular weight is 368 g/mol. The summed E-state index contributed by atoms with van der Waals surface area (Å²) in [5.74, 6) is -5.98. The van der Waals surface area contributed by atoms with E-state index < -0.39 is 36.4 Å². The topological polar surface area (TPSA) is 141 Å². The van der Waals surface area contributed by atoms with E-state index in [1.807, 2.05) is 0 Å². The van der Waals surface area contributed by atoms with Crippen molar-refractivity contribution in [1.82, 2.24) is 0 Å². The molecule has 0 atom stereocenters. The Morgan fingerprint density at radius 1 is 1.00 bits per heavy atom. The number of carboxylic acids is 3. The molecule has 0 radical (unpaired) electrons. The van der Waals surface area contributed by atoms with E-state index in [1.54, 1.807) is 0 Å². The van der Waals surface area contributed by atoms with Crippen molar-refractivity contribution < 1.29 is 70.4 Å². The molecular weight excluding hydrogens is 363 g/mol. The smallest absolute Gasteiger partial charge is 0.550 e. The van der Waals surface area contributed by atoms with Crippen LogP contribution in [0.3, 0.4) is 0 Å². The Bertz CT molecular complexity index is 238. The molecule has 0 heterocycles. The number of rotatable bonds is 5. The number of aliphatic hydroxyl groups is 1. The first-order valence-corrected chi connectivity index (χ1v) is 3.11. The quantitative estimate of drug-likeness (QED) is 0.477. The average Bonchev–Trinajstić information content (AvgIpc) is 1.82. The molecule has 0 saturated carbocycles. The summed E-state index contributed by atoms with van der Waals surface area (Å²) in [6.07, 6.45) is -2.72. The van der Waals surface area contributed by atoms with Crippen LogP contribution < -0.4 is 15.3 Å². The predicted octanol–water partition coefficient (Wildman–Crippen LogP) is -5.63. The van der Waals surface area contributed by atoms with Crippen LogP contribution in [0.25, 0.3) is 0 Å². The number of hydrogen-bond acceptors (Lipinski definition) is 7. The third kappa shape index (κ3) is 8.61. The molecule has 7 nitrogen and oxygen atoms in total. The molecule has 0 aromatic heterocycles. The second-order valence-electron chi connectivity index (χ2n) is 2.42. The van der Waals surface area contributed by atoms with E-state index in [0.717, 1.165) is 0 Å². The first-order valence-electron chi connectivity index (χ1n) is 3.11. The number of carbonyl (C=O) groups excluding carboxylic acids is 3. The molecule has 0 saturated heterocycles. The molecule has 0 amide bonds. The molecule has 0 aromatic rings. The van der Waals surface area contributed by atoms with Gasteiger partial charge in [0.1, 0.15) is 5.60 Å². The van der Waals surface area contributed by atoms with Gasteiger partial charge in [0.2, 0.25) is 0 Å². The van der Waals surface area contributed by atoms with Crippen molar-refractivity contribution in [3.8, 4) is 0 Å². The SMILES string of the molecule is O=C([O-])CC(O)(CC(=O)[O-])C(=O)[O-].[Ca+2].[La+3]. The molecule has 0 spiro atoms. The molecule has 9 heteroatoms. The Morgan fingerprint density at radius 3 is 1.40 bits per heavy atom. The Hall–Kier alpha value is 0.825. The van der Waals surface area contributed by atoms with Gasteiger partial charge in [-0.3, -0.25) is 0 Å². The van der Waals surface area contributed by atoms with Gasteiger partial charge in [-0.05, 0) is 0 Å². The summed E-state index contributed by atoms with van der Waals surface area (Å²) < 4.78 is 0. The largest absolute Gasteiger partial charge is 3.00 e. The van der Waals surface area contributed by atoms with Gasteiger partial charge in [0.25, 0.3) is 0 Å². The van der Waals surface area contributed by atoms with E-state index in [-0.39, 0.29) is 73.3 Å². The van der Waals surface area contributed by atoms with Crippen LogP contribution in [0.2, 0.25) is 0 Å². The maximum atomic E-state index is 10.1. The minimum absolute atomic E-state index is 0. The standard InChI is InChI=1S/C6H8O7.Ca.La/c7-3(8)1-6(13,5(11)12)2-4(9)10;;/h13H,1-2H2,(H,7,8)(H,9,10)(H,11,12);;/q;+2;+3/p-3. The Labute approximate surface area is 142 Å². The van der Waals surface area contributed by atoms with Gasteiger partial charge in [0.05, 0.1) is 5.97 Å². The van der Waals surface area contributed by atoms with Gasteiger partial charge in [-0.15, -0.1) is 0 Å². The molecule has 0 aromatic carbocycles. The number of carboxylic acid groups (broad SMARTS) is 3. The fourth-order valence-electron chi connectivity index (χ4n) is 0.684. The first-order chi connectivity index (χ1) is 5.78. The van der Waals surface area contributed by atoms with Crippen LogP contribution in [-0.4, -0.2) is 66.4 Å². The van der Waals surface area contributed by atoms with Gasteiger partial charge in [-0.25, -0.2) is 0 Å². The maximum Gasteiger partial charge on any atom is 3.00 e. The van der Waals surface area contributed by atoms with E-state index in [0.29, 0.717) is 0 Å². The maximum absolute atomic E-state index is 10.1. The van der Waals surface area contributed by atoms with Crippen LogP contribution in [0.1, 0.15) is 12.8 Å². The summed E-state index contributed by atoms with van der Waals surface area (Å²) in [7, 11) is 0. The summed E-state index contributed by atoms with van der Waals surface area (Å²) in [4.78, 5) is 30.0. The van der Waals surface area contributed by atoms with Gasteiger partial charge in [-0.2, -0.15) is 0 Å². The molecule has 0 bridgehead atoms. The van der Waals surface area contributed by atoms with Gasteiger partial charge < -0.3 is 34.8 Å². The Kier molecular flexibility index (Phi) is 12.6. The van der Waals surface area contributed by atoms with Crippen molar-refractivity contribution >= 4 is 55.6 Å². The van der Waals surface area contributed by atoms with Crippen LogP contribution in [0.4, 0.5) is 0 Å². The van der Waals surface area contributed by atoms with E-state index in [4.69, 9.17) is 5.11 Å². The third-order valence-electron chi connectivity index (χ3n) is 1.25. The second-order valence-corrected chi connectivity index (χ2v) is 2.42. The van der Waals surface area contributed by atoms with E-state index >= 15 is 0 Å². The molecule has 0 aliphatic rings. The van der Waals surface area contributed by atoms with Crippen LogP contribution in [0.5, 0.6) is 0 Å². The van der Waals surface area contributed by atoms with Gasteiger partial charge >= 0.3 is 73.3 Å². The zero-order valence-corrected chi connectivity index (χ0v) is 13.4. The number of aliphatic carboxylic acids is 3. The van der Waals surface area contributed by atoms with Crippen LogP contribution in [0.15, 0.2) is 0 Å². The molecule has 1 N–H and O–H groups in total. The molecule has 0 fully saturated rings. The number of hydrogen-bond donors (Lipinski definition) is 1. The predicted molar refractivity (Wildman–Crippen MR) is 35.0 cm³/mol. The fraction of sp³-hybridized carbons (Fsp3) is 0.500. The van der Waals surface area contributed by atoms with Crippen molar-refractivity contribution in [2.24, 2.45) is 0 Å². The summed E-state index contributed by atoms with van der Waals surface area (Å²) in [5, 5.41) is 38.9. The summed E-state index contributed by atoms with van der Waals surface area (Å²) >= 11 is 0. The Balaban J connectivity index is -0.000000720. The van der Waals surface area contributed by atoms with Crippen molar-refractivity contribution in [3.05, 3.63) is 0 Å². The van der Waals surface area contributed by atoms with Gasteiger partial charge in [0, 0.05) is 24.8 Å². The summed E-state index contributed by atoms with van der Waals surface area (Å²) in [6.45, 7) is 0. The third-order valence-corrected chi connectivity index (χ3v) is 1.25. The van der Waals surface area contributed by atoms with Crippen LogP contribution >= 0.6 is 0 Å². The zero-order valence-electron chi connectivity index (χ0n) is 7.60.